The Bertz CT molecular complexity index is 1130. The third-order valence-electron chi connectivity index (χ3n) is 5.61. The van der Waals surface area contributed by atoms with Gasteiger partial charge in [0.1, 0.15) is 11.5 Å². The number of aryl methyl sites for hydroxylation is 2. The largest absolute Gasteiger partial charge is 0.347 e. The van der Waals surface area contributed by atoms with E-state index in [0.29, 0.717) is 12.5 Å². The number of rotatable bonds is 4. The number of benzene rings is 1. The second-order valence-electron chi connectivity index (χ2n) is 8.47. The monoisotopic (exact) mass is 392 g/mol. The quantitative estimate of drug-likeness (QED) is 0.701. The predicted octanol–water partition coefficient (Wildman–Crippen LogP) is 4.03. The molecule has 0 radical (unpaired) electrons. The van der Waals surface area contributed by atoms with Crippen molar-refractivity contribution in [2.75, 3.05) is 35.8 Å². The first-order valence-electron chi connectivity index (χ1n) is 9.92. The van der Waals surface area contributed by atoms with E-state index in [9.17, 15) is 4.79 Å². The first-order valence-corrected chi connectivity index (χ1v) is 9.92. The van der Waals surface area contributed by atoms with Crippen molar-refractivity contribution in [3.05, 3.63) is 35.0 Å². The van der Waals surface area contributed by atoms with Crippen LogP contribution in [0.15, 0.2) is 18.2 Å². The van der Waals surface area contributed by atoms with E-state index in [1.807, 2.05) is 57.7 Å². The summed E-state index contributed by atoms with van der Waals surface area (Å²) in [5.41, 5.74) is 5.37. The molecule has 152 valence electrons. The lowest BCUT2D eigenvalue weighted by Gasteiger charge is -2.18. The van der Waals surface area contributed by atoms with Gasteiger partial charge in [-0.3, -0.25) is 4.79 Å². The van der Waals surface area contributed by atoms with Crippen molar-refractivity contribution in [3.8, 4) is 0 Å². The van der Waals surface area contributed by atoms with E-state index in [2.05, 4.69) is 34.3 Å². The van der Waals surface area contributed by atoms with Crippen LogP contribution in [0.4, 0.5) is 23.1 Å². The molecule has 0 atom stereocenters. The Kier molecular flexibility index (Phi) is 4.29. The highest BCUT2D eigenvalue weighted by Gasteiger charge is 2.44. The molecule has 0 saturated carbocycles. The third-order valence-corrected chi connectivity index (χ3v) is 5.61. The molecule has 7 heteroatoms. The fraction of sp³-hybridized carbons (Fsp3) is 0.409. The highest BCUT2D eigenvalue weighted by Crippen LogP contribution is 2.45. The molecule has 0 unspecified atom stereocenters. The normalized spacial score (nSPS) is 15.1. The Morgan fingerprint density at radius 3 is 2.55 bits per heavy atom. The van der Waals surface area contributed by atoms with Crippen LogP contribution in [0, 0.1) is 13.8 Å². The lowest BCUT2D eigenvalue weighted by Crippen LogP contribution is -2.36. The van der Waals surface area contributed by atoms with E-state index in [4.69, 9.17) is 4.98 Å². The highest BCUT2D eigenvalue weighted by atomic mass is 16.2. The van der Waals surface area contributed by atoms with Crippen molar-refractivity contribution in [3.63, 3.8) is 0 Å². The summed E-state index contributed by atoms with van der Waals surface area (Å²) >= 11 is 0. The molecule has 2 aromatic heterocycles. The van der Waals surface area contributed by atoms with Gasteiger partial charge in [0, 0.05) is 32.0 Å². The first kappa shape index (κ1) is 19.2. The summed E-state index contributed by atoms with van der Waals surface area (Å²) in [6.07, 6.45) is 0. The van der Waals surface area contributed by atoms with E-state index < -0.39 is 5.41 Å². The Morgan fingerprint density at radius 2 is 1.90 bits per heavy atom. The molecule has 0 bridgehead atoms. The van der Waals surface area contributed by atoms with Crippen molar-refractivity contribution in [1.29, 1.82) is 0 Å². The van der Waals surface area contributed by atoms with Gasteiger partial charge in [-0.15, -0.1) is 0 Å². The maximum atomic E-state index is 12.9. The number of carbonyl (C=O) groups is 1. The fourth-order valence-electron chi connectivity index (χ4n) is 4.10. The van der Waals surface area contributed by atoms with Crippen LogP contribution in [0.1, 0.15) is 37.6 Å². The third kappa shape index (κ3) is 2.92. The van der Waals surface area contributed by atoms with E-state index in [0.717, 1.165) is 45.0 Å². The fourth-order valence-corrected chi connectivity index (χ4v) is 4.10. The molecule has 1 amide bonds. The minimum Gasteiger partial charge on any atom is -0.347 e. The number of hydrogen-bond donors (Lipinski definition) is 2. The smallest absolute Gasteiger partial charge is 0.237 e. The predicted molar refractivity (Wildman–Crippen MR) is 118 cm³/mol. The summed E-state index contributed by atoms with van der Waals surface area (Å²) in [6, 6.07) is 6.21. The van der Waals surface area contributed by atoms with Gasteiger partial charge in [-0.2, -0.15) is 9.97 Å². The molecule has 29 heavy (non-hydrogen) atoms. The van der Waals surface area contributed by atoms with Gasteiger partial charge in [-0.05, 0) is 63.9 Å². The van der Waals surface area contributed by atoms with Crippen LogP contribution in [-0.4, -0.2) is 41.5 Å². The number of likely N-dealkylation sites (N-methyl/N-ethyl adjacent to an activating group) is 1. The number of nitrogens with one attached hydrogen (secondary N) is 2. The molecular weight excluding hydrogens is 364 g/mol. The number of anilines is 4. The molecule has 1 aromatic carbocycles. The Morgan fingerprint density at radius 1 is 1.17 bits per heavy atom. The maximum Gasteiger partial charge on any atom is 0.237 e. The lowest BCUT2D eigenvalue weighted by atomic mass is 9.85. The summed E-state index contributed by atoms with van der Waals surface area (Å²) in [5, 5.41) is 4.43. The van der Waals surface area contributed by atoms with Crippen molar-refractivity contribution in [2.24, 2.45) is 0 Å². The van der Waals surface area contributed by atoms with Crippen LogP contribution < -0.4 is 15.1 Å². The van der Waals surface area contributed by atoms with E-state index in [1.165, 1.54) is 0 Å². The van der Waals surface area contributed by atoms with Gasteiger partial charge in [-0.1, -0.05) is 0 Å². The molecule has 0 fully saturated rings. The van der Waals surface area contributed by atoms with Gasteiger partial charge >= 0.3 is 0 Å². The maximum absolute atomic E-state index is 12.9. The zero-order valence-corrected chi connectivity index (χ0v) is 18.1. The molecule has 0 saturated heterocycles. The SMILES string of the molecule is CCN1C(=O)C(C)(C)c2cc(Nc3nc(N(C)C)nc4[nH]c(C)cc34)cc(C)c21. The molecule has 2 N–H and O–H groups in total. The Hall–Kier alpha value is -3.09. The molecule has 0 spiro atoms. The average molecular weight is 393 g/mol. The number of hydrogen-bond acceptors (Lipinski definition) is 5. The second kappa shape index (κ2) is 6.47. The molecule has 1 aliphatic heterocycles. The molecular formula is C22H28N6O. The van der Waals surface area contributed by atoms with Crippen LogP contribution in [0.2, 0.25) is 0 Å². The molecule has 4 rings (SSSR count). The van der Waals surface area contributed by atoms with Gasteiger partial charge in [0.05, 0.1) is 16.5 Å². The summed E-state index contributed by atoms with van der Waals surface area (Å²) in [7, 11) is 3.85. The summed E-state index contributed by atoms with van der Waals surface area (Å²) < 4.78 is 0. The topological polar surface area (TPSA) is 77.2 Å². The lowest BCUT2D eigenvalue weighted by molar-refractivity contribution is -0.122. The van der Waals surface area contributed by atoms with Crippen LogP contribution in [0.25, 0.3) is 11.0 Å². The van der Waals surface area contributed by atoms with Crippen molar-refractivity contribution >= 4 is 40.1 Å². The zero-order chi connectivity index (χ0) is 21.1. The molecule has 1 aliphatic rings. The summed E-state index contributed by atoms with van der Waals surface area (Å²) in [4.78, 5) is 29.3. The number of fused-ring (bicyclic) bond motifs is 2. The minimum absolute atomic E-state index is 0.149. The van der Waals surface area contributed by atoms with Crippen LogP contribution in [-0.2, 0) is 10.2 Å². The molecule has 3 heterocycles. The number of aromatic nitrogens is 3. The van der Waals surface area contributed by atoms with Crippen LogP contribution >= 0.6 is 0 Å². The summed E-state index contributed by atoms with van der Waals surface area (Å²) in [5.74, 6) is 1.53. The Labute approximate surface area is 171 Å². The van der Waals surface area contributed by atoms with Gasteiger partial charge in [0.25, 0.3) is 0 Å². The van der Waals surface area contributed by atoms with Gasteiger partial charge < -0.3 is 20.1 Å². The molecule has 7 nitrogen and oxygen atoms in total. The van der Waals surface area contributed by atoms with Crippen molar-refractivity contribution < 1.29 is 4.79 Å². The highest BCUT2D eigenvalue weighted by molar-refractivity contribution is 6.08. The number of aromatic amines is 1. The van der Waals surface area contributed by atoms with Gasteiger partial charge in [0.2, 0.25) is 11.9 Å². The van der Waals surface area contributed by atoms with Crippen molar-refractivity contribution in [2.45, 2.75) is 40.0 Å². The van der Waals surface area contributed by atoms with Crippen LogP contribution in [0.5, 0.6) is 0 Å². The Balaban J connectivity index is 1.84. The second-order valence-corrected chi connectivity index (χ2v) is 8.47. The van der Waals surface area contributed by atoms with E-state index in [1.54, 1.807) is 0 Å². The molecule has 0 aliphatic carbocycles. The van der Waals surface area contributed by atoms with Gasteiger partial charge in [0.15, 0.2) is 0 Å². The zero-order valence-electron chi connectivity index (χ0n) is 18.1. The number of nitrogens with zero attached hydrogens (tertiary/aromatic N) is 4. The van der Waals surface area contributed by atoms with Gasteiger partial charge in [-0.25, -0.2) is 0 Å². The number of carbonyl (C=O) groups excluding carboxylic acids is 1. The first-order chi connectivity index (χ1) is 13.6. The minimum atomic E-state index is -0.547. The number of amides is 1. The number of H-pyrrole nitrogens is 1. The average Bonchev–Trinajstić information content (AvgIpc) is 3.11. The van der Waals surface area contributed by atoms with E-state index >= 15 is 0 Å². The van der Waals surface area contributed by atoms with E-state index in [-0.39, 0.29) is 5.91 Å². The standard InChI is InChI=1S/C22H28N6O/c1-8-28-17-12(2)9-14(11-16(17)22(4,5)20(28)29)24-19-15-10-13(3)23-18(15)25-21(26-19)27(6)7/h9-11H,8H2,1-7H3,(H2,23,24,25,26). The summed E-state index contributed by atoms with van der Waals surface area (Å²) in [6.45, 7) is 10.7. The molecule has 3 aromatic rings. The van der Waals surface area contributed by atoms with Crippen molar-refractivity contribution in [1.82, 2.24) is 15.0 Å². The van der Waals surface area contributed by atoms with Crippen LogP contribution in [0.3, 0.4) is 0 Å².